The van der Waals surface area contributed by atoms with Gasteiger partial charge in [-0.3, -0.25) is 4.79 Å². The SMILES string of the molecule is C[C@H]1CCCC[C@H]1NC(=O)[C@@H]1CCCN(C(=O)NCc2ccccc2)C1. The zero-order valence-corrected chi connectivity index (χ0v) is 15.7. The number of carbonyl (C=O) groups is 2. The van der Waals surface area contributed by atoms with Gasteiger partial charge in [-0.1, -0.05) is 50.1 Å². The molecule has 1 aliphatic carbocycles. The van der Waals surface area contributed by atoms with Crippen molar-refractivity contribution in [2.75, 3.05) is 13.1 Å². The van der Waals surface area contributed by atoms with Gasteiger partial charge in [-0.15, -0.1) is 0 Å². The third-order valence-electron chi connectivity index (χ3n) is 5.81. The number of urea groups is 1. The van der Waals surface area contributed by atoms with Crippen molar-refractivity contribution in [3.05, 3.63) is 35.9 Å². The standard InChI is InChI=1S/C21H31N3O2/c1-16-8-5-6-12-19(16)23-20(25)18-11-7-13-24(15-18)21(26)22-14-17-9-3-2-4-10-17/h2-4,9-10,16,18-19H,5-8,11-15H2,1H3,(H,22,26)(H,23,25)/t16-,18+,19+/m0/s1. The highest BCUT2D eigenvalue weighted by molar-refractivity contribution is 5.81. The van der Waals surface area contributed by atoms with E-state index in [1.807, 2.05) is 30.3 Å². The van der Waals surface area contributed by atoms with E-state index in [2.05, 4.69) is 17.6 Å². The molecule has 3 atom stereocenters. The molecule has 2 N–H and O–H groups in total. The number of nitrogens with one attached hydrogen (secondary N) is 2. The molecule has 1 aromatic carbocycles. The highest BCUT2D eigenvalue weighted by atomic mass is 16.2. The minimum Gasteiger partial charge on any atom is -0.353 e. The van der Waals surface area contributed by atoms with Crippen LogP contribution in [0, 0.1) is 11.8 Å². The van der Waals surface area contributed by atoms with Crippen molar-refractivity contribution in [3.63, 3.8) is 0 Å². The van der Waals surface area contributed by atoms with Gasteiger partial charge in [0.15, 0.2) is 0 Å². The maximum absolute atomic E-state index is 12.7. The predicted octanol–water partition coefficient (Wildman–Crippen LogP) is 3.30. The quantitative estimate of drug-likeness (QED) is 0.868. The topological polar surface area (TPSA) is 61.4 Å². The molecule has 1 heterocycles. The van der Waals surface area contributed by atoms with Gasteiger partial charge >= 0.3 is 6.03 Å². The second kappa shape index (κ2) is 9.06. The van der Waals surface area contributed by atoms with E-state index in [0.717, 1.165) is 31.4 Å². The third-order valence-corrected chi connectivity index (χ3v) is 5.81. The molecule has 3 amide bonds. The van der Waals surface area contributed by atoms with Gasteiger partial charge < -0.3 is 15.5 Å². The molecule has 0 bridgehead atoms. The molecule has 1 saturated carbocycles. The molecule has 1 aromatic rings. The van der Waals surface area contributed by atoms with Crippen molar-refractivity contribution in [2.24, 2.45) is 11.8 Å². The monoisotopic (exact) mass is 357 g/mol. The first-order valence-corrected chi connectivity index (χ1v) is 10.0. The molecular formula is C21H31N3O2. The maximum Gasteiger partial charge on any atom is 0.317 e. The van der Waals surface area contributed by atoms with Crippen LogP contribution in [0.1, 0.15) is 51.0 Å². The first kappa shape index (κ1) is 18.7. The Morgan fingerprint density at radius 3 is 2.62 bits per heavy atom. The fourth-order valence-corrected chi connectivity index (χ4v) is 4.09. The Bertz CT molecular complexity index is 605. The number of hydrogen-bond donors (Lipinski definition) is 2. The van der Waals surface area contributed by atoms with E-state index in [9.17, 15) is 9.59 Å². The summed E-state index contributed by atoms with van der Waals surface area (Å²) >= 11 is 0. The average molecular weight is 357 g/mol. The van der Waals surface area contributed by atoms with Crippen LogP contribution in [0.3, 0.4) is 0 Å². The summed E-state index contributed by atoms with van der Waals surface area (Å²) in [5.74, 6) is 0.603. The predicted molar refractivity (Wildman–Crippen MR) is 103 cm³/mol. The zero-order valence-electron chi connectivity index (χ0n) is 15.7. The van der Waals surface area contributed by atoms with E-state index in [4.69, 9.17) is 0 Å². The summed E-state index contributed by atoms with van der Waals surface area (Å²) in [6, 6.07) is 10.1. The maximum atomic E-state index is 12.7. The lowest BCUT2D eigenvalue weighted by Gasteiger charge is -2.35. The Morgan fingerprint density at radius 2 is 1.85 bits per heavy atom. The highest BCUT2D eigenvalue weighted by Crippen LogP contribution is 2.25. The number of benzene rings is 1. The normalized spacial score (nSPS) is 26.2. The molecule has 0 unspecified atom stereocenters. The number of amides is 3. The lowest BCUT2D eigenvalue weighted by Crippen LogP contribution is -2.51. The molecule has 142 valence electrons. The number of piperidine rings is 1. The van der Waals surface area contributed by atoms with Gasteiger partial charge in [0.2, 0.25) is 5.91 Å². The minimum absolute atomic E-state index is 0.0719. The fraction of sp³-hybridized carbons (Fsp3) is 0.619. The molecule has 0 aromatic heterocycles. The Balaban J connectivity index is 1.48. The largest absolute Gasteiger partial charge is 0.353 e. The van der Waals surface area contributed by atoms with Crippen LogP contribution in [0.15, 0.2) is 30.3 Å². The third kappa shape index (κ3) is 4.99. The summed E-state index contributed by atoms with van der Waals surface area (Å²) in [5, 5.41) is 6.23. The van der Waals surface area contributed by atoms with Crippen LogP contribution in [-0.2, 0) is 11.3 Å². The molecular weight excluding hydrogens is 326 g/mol. The van der Waals surface area contributed by atoms with Crippen LogP contribution < -0.4 is 10.6 Å². The van der Waals surface area contributed by atoms with Crippen molar-refractivity contribution >= 4 is 11.9 Å². The summed E-state index contributed by atoms with van der Waals surface area (Å²) in [7, 11) is 0. The second-order valence-electron chi connectivity index (χ2n) is 7.81. The van der Waals surface area contributed by atoms with E-state index in [1.165, 1.54) is 19.3 Å². The van der Waals surface area contributed by atoms with E-state index in [0.29, 0.717) is 25.0 Å². The number of hydrogen-bond acceptors (Lipinski definition) is 2. The van der Waals surface area contributed by atoms with Crippen LogP contribution in [-0.4, -0.2) is 36.0 Å². The van der Waals surface area contributed by atoms with Gasteiger partial charge in [0.25, 0.3) is 0 Å². The smallest absolute Gasteiger partial charge is 0.317 e. The fourth-order valence-electron chi connectivity index (χ4n) is 4.09. The molecule has 26 heavy (non-hydrogen) atoms. The molecule has 1 saturated heterocycles. The van der Waals surface area contributed by atoms with Gasteiger partial charge in [-0.05, 0) is 37.2 Å². The first-order valence-electron chi connectivity index (χ1n) is 10.0. The molecule has 3 rings (SSSR count). The van der Waals surface area contributed by atoms with Gasteiger partial charge in [-0.25, -0.2) is 4.79 Å². The summed E-state index contributed by atoms with van der Waals surface area (Å²) in [6.07, 6.45) is 6.51. The van der Waals surface area contributed by atoms with Gasteiger partial charge in [0, 0.05) is 25.7 Å². The van der Waals surface area contributed by atoms with E-state index in [1.54, 1.807) is 4.90 Å². The summed E-state index contributed by atoms with van der Waals surface area (Å²) in [4.78, 5) is 26.9. The minimum atomic E-state index is -0.0830. The van der Waals surface area contributed by atoms with Crippen molar-refractivity contribution < 1.29 is 9.59 Å². The summed E-state index contributed by atoms with van der Waals surface area (Å²) in [5.41, 5.74) is 1.08. The van der Waals surface area contributed by atoms with Crippen molar-refractivity contribution in [1.82, 2.24) is 15.5 Å². The van der Waals surface area contributed by atoms with Crippen LogP contribution >= 0.6 is 0 Å². The van der Waals surface area contributed by atoms with Crippen LogP contribution in [0.5, 0.6) is 0 Å². The molecule has 5 heteroatoms. The Morgan fingerprint density at radius 1 is 1.08 bits per heavy atom. The molecule has 2 fully saturated rings. The van der Waals surface area contributed by atoms with Gasteiger partial charge in [0.05, 0.1) is 5.92 Å². The van der Waals surface area contributed by atoms with Gasteiger partial charge in [-0.2, -0.15) is 0 Å². The number of carbonyl (C=O) groups excluding carboxylic acids is 2. The van der Waals surface area contributed by atoms with Crippen molar-refractivity contribution in [3.8, 4) is 0 Å². The van der Waals surface area contributed by atoms with Crippen molar-refractivity contribution in [2.45, 2.75) is 58.0 Å². The molecule has 5 nitrogen and oxygen atoms in total. The lowest BCUT2D eigenvalue weighted by molar-refractivity contribution is -0.127. The van der Waals surface area contributed by atoms with Crippen LogP contribution in [0.25, 0.3) is 0 Å². The number of likely N-dealkylation sites (tertiary alicyclic amines) is 1. The average Bonchev–Trinajstić information content (AvgIpc) is 2.69. The zero-order chi connectivity index (χ0) is 18.4. The van der Waals surface area contributed by atoms with E-state index >= 15 is 0 Å². The Hall–Kier alpha value is -2.04. The molecule has 0 radical (unpaired) electrons. The van der Waals surface area contributed by atoms with Crippen molar-refractivity contribution in [1.29, 1.82) is 0 Å². The molecule has 1 aliphatic heterocycles. The number of rotatable bonds is 4. The Kier molecular flexibility index (Phi) is 6.53. The second-order valence-corrected chi connectivity index (χ2v) is 7.81. The lowest BCUT2D eigenvalue weighted by atomic mass is 9.85. The number of nitrogens with zero attached hydrogens (tertiary/aromatic N) is 1. The van der Waals surface area contributed by atoms with Gasteiger partial charge in [0.1, 0.15) is 0 Å². The summed E-state index contributed by atoms with van der Waals surface area (Å²) < 4.78 is 0. The van der Waals surface area contributed by atoms with Crippen LogP contribution in [0.2, 0.25) is 0 Å². The van der Waals surface area contributed by atoms with Crippen LogP contribution in [0.4, 0.5) is 4.79 Å². The Labute approximate surface area is 156 Å². The highest BCUT2D eigenvalue weighted by Gasteiger charge is 2.31. The van der Waals surface area contributed by atoms with E-state index < -0.39 is 0 Å². The van der Waals surface area contributed by atoms with E-state index in [-0.39, 0.29) is 17.9 Å². The molecule has 0 spiro atoms. The summed E-state index contributed by atoms with van der Waals surface area (Å²) in [6.45, 7) is 4.00. The first-order chi connectivity index (χ1) is 12.6. The molecule has 2 aliphatic rings.